The Hall–Kier alpha value is -1.95. The van der Waals surface area contributed by atoms with Gasteiger partial charge < -0.3 is 24.8 Å². The summed E-state index contributed by atoms with van der Waals surface area (Å²) in [5.74, 6) is 0.423. The second-order valence-corrected chi connectivity index (χ2v) is 4.80. The van der Waals surface area contributed by atoms with Crippen LogP contribution in [0, 0.1) is 0 Å². The molecule has 0 bridgehead atoms. The van der Waals surface area contributed by atoms with Gasteiger partial charge in [-0.2, -0.15) is 0 Å². The van der Waals surface area contributed by atoms with Crippen LogP contribution in [-0.2, 0) is 14.3 Å². The number of nitrogens with zero attached hydrogens (tertiary/aromatic N) is 1. The SMILES string of the molecule is CCCOCCOC(=O)CN1CCOc2cccc(N)c21. The Morgan fingerprint density at radius 1 is 1.38 bits per heavy atom. The standard InChI is InChI=1S/C15H22N2O4/c1-2-7-19-9-10-21-14(18)11-17-6-8-20-13-5-3-4-12(16)15(13)17/h3-5H,2,6-11,16H2,1H3. The van der Waals surface area contributed by atoms with Crippen molar-refractivity contribution in [3.8, 4) is 5.75 Å². The summed E-state index contributed by atoms with van der Waals surface area (Å²) in [6.45, 7) is 4.74. The molecule has 2 N–H and O–H groups in total. The van der Waals surface area contributed by atoms with Crippen LogP contribution in [0.3, 0.4) is 0 Å². The molecule has 0 aliphatic carbocycles. The van der Waals surface area contributed by atoms with Gasteiger partial charge in [0.2, 0.25) is 0 Å². The van der Waals surface area contributed by atoms with Crippen molar-refractivity contribution in [2.45, 2.75) is 13.3 Å². The van der Waals surface area contributed by atoms with Crippen molar-refractivity contribution in [1.29, 1.82) is 0 Å². The minimum atomic E-state index is -0.286. The first-order valence-electron chi connectivity index (χ1n) is 7.22. The lowest BCUT2D eigenvalue weighted by molar-refractivity contribution is -0.143. The molecule has 1 heterocycles. The number of esters is 1. The molecule has 0 atom stereocenters. The van der Waals surface area contributed by atoms with Crippen molar-refractivity contribution >= 4 is 17.3 Å². The molecule has 6 heteroatoms. The molecule has 0 fully saturated rings. The summed E-state index contributed by atoms with van der Waals surface area (Å²) in [5, 5.41) is 0. The number of nitrogens with two attached hydrogens (primary N) is 1. The van der Waals surface area contributed by atoms with Gasteiger partial charge in [-0.15, -0.1) is 0 Å². The number of hydrogen-bond donors (Lipinski definition) is 1. The van der Waals surface area contributed by atoms with Crippen LogP contribution in [0.25, 0.3) is 0 Å². The number of benzene rings is 1. The number of ether oxygens (including phenoxy) is 3. The molecular weight excluding hydrogens is 272 g/mol. The average molecular weight is 294 g/mol. The number of carbonyl (C=O) groups is 1. The third-order valence-corrected chi connectivity index (χ3v) is 3.12. The zero-order valence-corrected chi connectivity index (χ0v) is 12.3. The van der Waals surface area contributed by atoms with Crippen molar-refractivity contribution in [2.75, 3.05) is 50.2 Å². The molecule has 1 aromatic carbocycles. The summed E-state index contributed by atoms with van der Waals surface area (Å²) in [4.78, 5) is 13.8. The van der Waals surface area contributed by atoms with Crippen LogP contribution in [0.5, 0.6) is 5.75 Å². The molecule has 0 radical (unpaired) electrons. The molecule has 1 aromatic rings. The van der Waals surface area contributed by atoms with Gasteiger partial charge in [0, 0.05) is 6.61 Å². The van der Waals surface area contributed by atoms with Gasteiger partial charge in [0.05, 0.1) is 18.8 Å². The van der Waals surface area contributed by atoms with E-state index in [1.165, 1.54) is 0 Å². The van der Waals surface area contributed by atoms with Gasteiger partial charge in [0.25, 0.3) is 0 Å². The van der Waals surface area contributed by atoms with E-state index in [4.69, 9.17) is 19.9 Å². The van der Waals surface area contributed by atoms with Gasteiger partial charge in [0.1, 0.15) is 31.2 Å². The van der Waals surface area contributed by atoms with E-state index in [1.807, 2.05) is 24.0 Å². The molecule has 0 saturated carbocycles. The third kappa shape index (κ3) is 4.26. The Bertz CT molecular complexity index is 479. The largest absolute Gasteiger partial charge is 0.489 e. The molecule has 1 aliphatic heterocycles. The number of rotatable bonds is 7. The monoisotopic (exact) mass is 294 g/mol. The molecule has 0 unspecified atom stereocenters. The Balaban J connectivity index is 1.85. The summed E-state index contributed by atoms with van der Waals surface area (Å²) >= 11 is 0. The number of nitrogen functional groups attached to an aromatic ring is 1. The zero-order valence-electron chi connectivity index (χ0n) is 12.3. The normalized spacial score (nSPS) is 13.5. The second-order valence-electron chi connectivity index (χ2n) is 4.80. The quantitative estimate of drug-likeness (QED) is 0.466. The van der Waals surface area contributed by atoms with Crippen molar-refractivity contribution in [3.05, 3.63) is 18.2 Å². The highest BCUT2D eigenvalue weighted by Gasteiger charge is 2.22. The molecule has 116 valence electrons. The van der Waals surface area contributed by atoms with Crippen molar-refractivity contribution in [2.24, 2.45) is 0 Å². The molecular formula is C15H22N2O4. The lowest BCUT2D eigenvalue weighted by Gasteiger charge is -2.31. The highest BCUT2D eigenvalue weighted by Crippen LogP contribution is 2.36. The second kappa shape index (κ2) is 7.73. The summed E-state index contributed by atoms with van der Waals surface area (Å²) in [5.41, 5.74) is 7.34. The van der Waals surface area contributed by atoms with E-state index < -0.39 is 0 Å². The number of para-hydroxylation sites is 1. The lowest BCUT2D eigenvalue weighted by atomic mass is 10.2. The zero-order chi connectivity index (χ0) is 15.1. The predicted octanol–water partition coefficient (Wildman–Crippen LogP) is 1.44. The molecule has 6 nitrogen and oxygen atoms in total. The van der Waals surface area contributed by atoms with E-state index >= 15 is 0 Å². The predicted molar refractivity (Wildman–Crippen MR) is 80.6 cm³/mol. The highest BCUT2D eigenvalue weighted by molar-refractivity contribution is 5.82. The fourth-order valence-corrected chi connectivity index (χ4v) is 2.19. The van der Waals surface area contributed by atoms with Crippen molar-refractivity contribution in [3.63, 3.8) is 0 Å². The molecule has 21 heavy (non-hydrogen) atoms. The van der Waals surface area contributed by atoms with Crippen molar-refractivity contribution in [1.82, 2.24) is 0 Å². The topological polar surface area (TPSA) is 74.0 Å². The van der Waals surface area contributed by atoms with Gasteiger partial charge in [-0.05, 0) is 18.6 Å². The van der Waals surface area contributed by atoms with Gasteiger partial charge in [-0.25, -0.2) is 0 Å². The fraction of sp³-hybridized carbons (Fsp3) is 0.533. The van der Waals surface area contributed by atoms with Gasteiger partial charge in [-0.3, -0.25) is 4.79 Å². The fourth-order valence-electron chi connectivity index (χ4n) is 2.19. The Kier molecular flexibility index (Phi) is 5.68. The Labute approximate surface area is 124 Å². The van der Waals surface area contributed by atoms with E-state index in [1.54, 1.807) is 6.07 Å². The lowest BCUT2D eigenvalue weighted by Crippen LogP contribution is -2.38. The van der Waals surface area contributed by atoms with Crippen molar-refractivity contribution < 1.29 is 19.0 Å². The molecule has 0 amide bonds. The van der Waals surface area contributed by atoms with E-state index in [2.05, 4.69) is 0 Å². The maximum atomic E-state index is 11.9. The molecule has 0 saturated heterocycles. The molecule has 2 rings (SSSR count). The summed E-state index contributed by atoms with van der Waals surface area (Å²) in [6, 6.07) is 5.48. The van der Waals surface area contributed by atoms with Gasteiger partial charge in [-0.1, -0.05) is 13.0 Å². The highest BCUT2D eigenvalue weighted by atomic mass is 16.6. The molecule has 1 aliphatic rings. The first-order chi connectivity index (χ1) is 10.2. The first-order valence-corrected chi connectivity index (χ1v) is 7.22. The average Bonchev–Trinajstić information content (AvgIpc) is 2.47. The van der Waals surface area contributed by atoms with E-state index in [-0.39, 0.29) is 19.1 Å². The maximum absolute atomic E-state index is 11.9. The summed E-state index contributed by atoms with van der Waals surface area (Å²) < 4.78 is 16.0. The van der Waals surface area contributed by atoms with Crippen LogP contribution in [0.2, 0.25) is 0 Å². The number of hydrogen-bond acceptors (Lipinski definition) is 6. The van der Waals surface area contributed by atoms with E-state index in [0.29, 0.717) is 37.8 Å². The number of anilines is 2. The van der Waals surface area contributed by atoms with Crippen LogP contribution < -0.4 is 15.4 Å². The van der Waals surface area contributed by atoms with Gasteiger partial charge in [0.15, 0.2) is 0 Å². The van der Waals surface area contributed by atoms with Crippen LogP contribution in [0.15, 0.2) is 18.2 Å². The number of carbonyl (C=O) groups excluding carboxylic acids is 1. The number of fused-ring (bicyclic) bond motifs is 1. The van der Waals surface area contributed by atoms with Gasteiger partial charge >= 0.3 is 5.97 Å². The van der Waals surface area contributed by atoms with E-state index in [0.717, 1.165) is 12.1 Å². The molecule has 0 aromatic heterocycles. The van der Waals surface area contributed by atoms with E-state index in [9.17, 15) is 4.79 Å². The minimum absolute atomic E-state index is 0.165. The maximum Gasteiger partial charge on any atom is 0.325 e. The van der Waals surface area contributed by atoms with Crippen LogP contribution >= 0.6 is 0 Å². The smallest absolute Gasteiger partial charge is 0.325 e. The van der Waals surface area contributed by atoms with Crippen LogP contribution in [-0.4, -0.2) is 45.5 Å². The summed E-state index contributed by atoms with van der Waals surface area (Å²) in [7, 11) is 0. The minimum Gasteiger partial charge on any atom is -0.489 e. The summed E-state index contributed by atoms with van der Waals surface area (Å²) in [6.07, 6.45) is 0.956. The Morgan fingerprint density at radius 3 is 3.05 bits per heavy atom. The molecule has 0 spiro atoms. The van der Waals surface area contributed by atoms with Crippen LogP contribution in [0.4, 0.5) is 11.4 Å². The Morgan fingerprint density at radius 2 is 2.24 bits per heavy atom. The third-order valence-electron chi connectivity index (χ3n) is 3.12. The van der Waals surface area contributed by atoms with Crippen LogP contribution in [0.1, 0.15) is 13.3 Å². The first kappa shape index (κ1) is 15.4.